The molecule has 2 N–H and O–H groups in total. The first-order valence-electron chi connectivity index (χ1n) is 11.3. The Kier molecular flexibility index (Phi) is 7.28. The van der Waals surface area contributed by atoms with E-state index in [0.29, 0.717) is 6.04 Å². The van der Waals surface area contributed by atoms with Gasteiger partial charge in [-0.15, -0.1) is 11.3 Å². The fourth-order valence-corrected chi connectivity index (χ4v) is 5.32. The number of nitrogens with one attached hydrogen (secondary N) is 2. The van der Waals surface area contributed by atoms with E-state index in [-0.39, 0.29) is 5.41 Å². The molecule has 0 spiro atoms. The maximum Gasteiger partial charge on any atom is 0.191 e. The molecule has 2 aromatic rings. The number of guanidine groups is 1. The molecule has 30 heavy (non-hydrogen) atoms. The third-order valence-corrected chi connectivity index (χ3v) is 7.30. The van der Waals surface area contributed by atoms with Crippen molar-refractivity contribution in [1.29, 1.82) is 0 Å². The summed E-state index contributed by atoms with van der Waals surface area (Å²) in [5.41, 5.74) is 1.46. The number of thiophene rings is 1. The Labute approximate surface area is 184 Å². The average Bonchev–Trinajstić information content (AvgIpc) is 3.34. The molecule has 1 aromatic heterocycles. The molecule has 5 nitrogen and oxygen atoms in total. The first-order chi connectivity index (χ1) is 14.8. The van der Waals surface area contributed by atoms with Crippen molar-refractivity contribution in [2.45, 2.75) is 44.1 Å². The van der Waals surface area contributed by atoms with Crippen molar-refractivity contribution in [2.24, 2.45) is 4.99 Å². The largest absolute Gasteiger partial charge is 0.381 e. The van der Waals surface area contributed by atoms with Gasteiger partial charge in [-0.2, -0.15) is 0 Å². The maximum absolute atomic E-state index is 5.68. The average molecular weight is 427 g/mol. The molecular formula is C24H34N4OS. The Balaban J connectivity index is 1.40. The van der Waals surface area contributed by atoms with E-state index in [2.05, 4.69) is 70.3 Å². The van der Waals surface area contributed by atoms with Crippen molar-refractivity contribution in [3.63, 3.8) is 0 Å². The van der Waals surface area contributed by atoms with Crippen LogP contribution in [0.15, 0.2) is 52.8 Å². The number of anilines is 1. The molecule has 0 bridgehead atoms. The summed E-state index contributed by atoms with van der Waals surface area (Å²) in [6, 6.07) is 15.7. The third-order valence-electron chi connectivity index (χ3n) is 6.37. The van der Waals surface area contributed by atoms with Crippen LogP contribution in [0.2, 0.25) is 0 Å². The predicted molar refractivity (Wildman–Crippen MR) is 127 cm³/mol. The van der Waals surface area contributed by atoms with Gasteiger partial charge < -0.3 is 20.3 Å². The van der Waals surface area contributed by atoms with Crippen LogP contribution in [-0.4, -0.2) is 51.4 Å². The van der Waals surface area contributed by atoms with E-state index < -0.39 is 0 Å². The molecular weight excluding hydrogens is 392 g/mol. The van der Waals surface area contributed by atoms with Crippen LogP contribution in [0.1, 0.15) is 38.2 Å². The highest BCUT2D eigenvalue weighted by Crippen LogP contribution is 2.35. The van der Waals surface area contributed by atoms with Crippen molar-refractivity contribution < 1.29 is 4.74 Å². The third kappa shape index (κ3) is 5.16. The molecule has 4 rings (SSSR count). The van der Waals surface area contributed by atoms with Crippen molar-refractivity contribution in [3.05, 3.63) is 53.4 Å². The van der Waals surface area contributed by atoms with E-state index in [1.165, 1.54) is 10.6 Å². The summed E-state index contributed by atoms with van der Waals surface area (Å²) in [4.78, 5) is 7.58. The molecule has 162 valence electrons. The molecule has 0 unspecified atom stereocenters. The van der Waals surface area contributed by atoms with Crippen LogP contribution in [0.25, 0.3) is 0 Å². The number of hydrogen-bond acceptors (Lipinski definition) is 4. The van der Waals surface area contributed by atoms with E-state index in [4.69, 9.17) is 9.73 Å². The topological polar surface area (TPSA) is 48.9 Å². The van der Waals surface area contributed by atoms with E-state index in [1.54, 1.807) is 0 Å². The van der Waals surface area contributed by atoms with Gasteiger partial charge in [-0.3, -0.25) is 4.99 Å². The van der Waals surface area contributed by atoms with E-state index >= 15 is 0 Å². The van der Waals surface area contributed by atoms with Crippen molar-refractivity contribution in [2.75, 3.05) is 44.3 Å². The Morgan fingerprint density at radius 3 is 2.57 bits per heavy atom. The SMILES string of the molecule is CCNC(=NCC1(c2ccccc2)CCOCC1)NC1CCN(c2cccs2)CC1. The summed E-state index contributed by atoms with van der Waals surface area (Å²) in [6.07, 6.45) is 4.33. The van der Waals surface area contributed by atoms with Crippen LogP contribution in [0.3, 0.4) is 0 Å². The molecule has 0 amide bonds. The zero-order valence-corrected chi connectivity index (χ0v) is 18.8. The number of ether oxygens (including phenoxy) is 1. The van der Waals surface area contributed by atoms with Crippen molar-refractivity contribution >= 4 is 22.3 Å². The fourth-order valence-electron chi connectivity index (χ4n) is 4.53. The van der Waals surface area contributed by atoms with Crippen LogP contribution in [0, 0.1) is 0 Å². The number of hydrogen-bond donors (Lipinski definition) is 2. The minimum absolute atomic E-state index is 0.0738. The summed E-state index contributed by atoms with van der Waals surface area (Å²) >= 11 is 1.83. The standard InChI is InChI=1S/C24H34N4OS/c1-2-25-23(27-21-10-14-28(15-11-21)22-9-6-18-30-22)26-19-24(12-16-29-17-13-24)20-7-4-3-5-8-20/h3-9,18,21H,2,10-17,19H2,1H3,(H2,25,26,27). The smallest absolute Gasteiger partial charge is 0.191 e. The number of benzene rings is 1. The molecule has 3 heterocycles. The Morgan fingerprint density at radius 1 is 1.13 bits per heavy atom. The monoisotopic (exact) mass is 426 g/mol. The van der Waals surface area contributed by atoms with Crippen molar-refractivity contribution in [3.8, 4) is 0 Å². The lowest BCUT2D eigenvalue weighted by atomic mass is 9.74. The number of rotatable bonds is 6. The lowest BCUT2D eigenvalue weighted by molar-refractivity contribution is 0.0531. The fraction of sp³-hybridized carbons (Fsp3) is 0.542. The molecule has 2 aliphatic heterocycles. The second kappa shape index (κ2) is 10.3. The summed E-state index contributed by atoms with van der Waals surface area (Å²) in [6.45, 7) is 7.64. The first-order valence-corrected chi connectivity index (χ1v) is 12.1. The molecule has 2 fully saturated rings. The zero-order chi connectivity index (χ0) is 20.7. The molecule has 1 aromatic carbocycles. The summed E-state index contributed by atoms with van der Waals surface area (Å²) in [7, 11) is 0. The highest BCUT2D eigenvalue weighted by atomic mass is 32.1. The Bertz CT molecular complexity index is 779. The first kappa shape index (κ1) is 21.2. The summed E-state index contributed by atoms with van der Waals surface area (Å²) in [5, 5.41) is 10.7. The molecule has 0 aliphatic carbocycles. The van der Waals surface area contributed by atoms with E-state index in [1.807, 2.05) is 11.3 Å². The van der Waals surface area contributed by atoms with Gasteiger partial charge in [0.1, 0.15) is 0 Å². The van der Waals surface area contributed by atoms with Gasteiger partial charge in [0.15, 0.2) is 5.96 Å². The van der Waals surface area contributed by atoms with Gasteiger partial charge in [-0.05, 0) is 55.7 Å². The van der Waals surface area contributed by atoms with Crippen LogP contribution in [-0.2, 0) is 10.2 Å². The normalized spacial score (nSPS) is 20.2. The molecule has 6 heteroatoms. The Morgan fingerprint density at radius 2 is 1.90 bits per heavy atom. The van der Waals surface area contributed by atoms with Crippen molar-refractivity contribution in [1.82, 2.24) is 10.6 Å². The molecule has 2 saturated heterocycles. The zero-order valence-electron chi connectivity index (χ0n) is 18.0. The summed E-state index contributed by atoms with van der Waals surface area (Å²) in [5.74, 6) is 0.953. The van der Waals surface area contributed by atoms with Gasteiger partial charge in [0, 0.05) is 44.3 Å². The lowest BCUT2D eigenvalue weighted by Gasteiger charge is -2.37. The van der Waals surface area contributed by atoms with E-state index in [9.17, 15) is 0 Å². The number of aliphatic imine (C=N–C) groups is 1. The second-order valence-electron chi connectivity index (χ2n) is 8.31. The quantitative estimate of drug-likeness (QED) is 0.541. The highest BCUT2D eigenvalue weighted by molar-refractivity contribution is 7.14. The predicted octanol–water partition coefficient (Wildman–Crippen LogP) is 4.02. The van der Waals surface area contributed by atoms with Gasteiger partial charge in [-0.1, -0.05) is 30.3 Å². The van der Waals surface area contributed by atoms with Crippen LogP contribution >= 0.6 is 11.3 Å². The van der Waals surface area contributed by atoms with Gasteiger partial charge in [0.25, 0.3) is 0 Å². The van der Waals surface area contributed by atoms with Crippen LogP contribution in [0.5, 0.6) is 0 Å². The van der Waals surface area contributed by atoms with Gasteiger partial charge in [0.2, 0.25) is 0 Å². The minimum atomic E-state index is 0.0738. The highest BCUT2D eigenvalue weighted by Gasteiger charge is 2.34. The van der Waals surface area contributed by atoms with Gasteiger partial charge in [-0.25, -0.2) is 0 Å². The van der Waals surface area contributed by atoms with E-state index in [0.717, 1.165) is 71.0 Å². The van der Waals surface area contributed by atoms with Crippen LogP contribution in [0.4, 0.5) is 5.00 Å². The van der Waals surface area contributed by atoms with Crippen LogP contribution < -0.4 is 15.5 Å². The molecule has 2 aliphatic rings. The van der Waals surface area contributed by atoms with Gasteiger partial charge >= 0.3 is 0 Å². The summed E-state index contributed by atoms with van der Waals surface area (Å²) < 4.78 is 5.68. The minimum Gasteiger partial charge on any atom is -0.381 e. The molecule has 0 saturated carbocycles. The number of nitrogens with zero attached hydrogens (tertiary/aromatic N) is 2. The second-order valence-corrected chi connectivity index (χ2v) is 9.24. The number of piperidine rings is 1. The molecule has 0 radical (unpaired) electrons. The maximum atomic E-state index is 5.68. The Hall–Kier alpha value is -2.05. The van der Waals surface area contributed by atoms with Gasteiger partial charge in [0.05, 0.1) is 11.5 Å². The molecule has 0 atom stereocenters. The lowest BCUT2D eigenvalue weighted by Crippen LogP contribution is -2.49.